The zero-order valence-electron chi connectivity index (χ0n) is 13.0. The maximum absolute atomic E-state index is 12.0. The van der Waals surface area contributed by atoms with Gasteiger partial charge in [-0.1, -0.05) is 54.6 Å². The molecule has 3 rings (SSSR count). The van der Waals surface area contributed by atoms with E-state index in [4.69, 9.17) is 10.5 Å². The highest BCUT2D eigenvalue weighted by Crippen LogP contribution is 2.39. The van der Waals surface area contributed by atoms with Crippen molar-refractivity contribution in [3.63, 3.8) is 0 Å². The first-order valence-corrected chi connectivity index (χ1v) is 8.06. The molecular weight excluding hydrogens is 306 g/mol. The number of methoxy groups -OCH3 is 1. The molecule has 0 amide bonds. The molecule has 0 aliphatic rings. The third-order valence-corrected chi connectivity index (χ3v) is 4.72. The van der Waals surface area contributed by atoms with Gasteiger partial charge in [0.2, 0.25) is 0 Å². The Bertz CT molecular complexity index is 836. The lowest BCUT2D eigenvalue weighted by atomic mass is 9.98. The van der Waals surface area contributed by atoms with Crippen LogP contribution in [-0.4, -0.2) is 13.1 Å². The number of nitrogens with two attached hydrogens (primary N) is 1. The summed E-state index contributed by atoms with van der Waals surface area (Å²) in [6, 6.07) is 18.3. The maximum atomic E-state index is 12.0. The van der Waals surface area contributed by atoms with Gasteiger partial charge in [0.25, 0.3) is 0 Å². The highest BCUT2D eigenvalue weighted by molar-refractivity contribution is 7.16. The van der Waals surface area contributed by atoms with Gasteiger partial charge < -0.3 is 10.5 Å². The normalized spacial score (nSPS) is 10.5. The minimum atomic E-state index is -0.394. The minimum absolute atomic E-state index is 0.394. The number of hydrogen-bond acceptors (Lipinski definition) is 4. The van der Waals surface area contributed by atoms with E-state index in [2.05, 4.69) is 24.3 Å². The summed E-state index contributed by atoms with van der Waals surface area (Å²) in [4.78, 5) is 13.0. The number of aryl methyl sites for hydroxylation is 1. The maximum Gasteiger partial charge on any atom is 0.341 e. The van der Waals surface area contributed by atoms with Gasteiger partial charge in [-0.05, 0) is 23.6 Å². The molecule has 3 aromatic rings. The topological polar surface area (TPSA) is 52.3 Å². The number of thiophene rings is 1. The lowest BCUT2D eigenvalue weighted by Crippen LogP contribution is -2.04. The Morgan fingerprint density at radius 2 is 1.52 bits per heavy atom. The first-order valence-electron chi connectivity index (χ1n) is 7.25. The number of anilines is 1. The number of benzene rings is 2. The van der Waals surface area contributed by atoms with Crippen molar-refractivity contribution in [3.05, 3.63) is 65.0 Å². The van der Waals surface area contributed by atoms with Crippen LogP contribution >= 0.6 is 11.3 Å². The van der Waals surface area contributed by atoms with Crippen LogP contribution in [0.25, 0.3) is 22.3 Å². The van der Waals surface area contributed by atoms with E-state index in [1.165, 1.54) is 18.4 Å². The van der Waals surface area contributed by atoms with Gasteiger partial charge in [0.1, 0.15) is 10.6 Å². The molecule has 0 saturated carbocycles. The van der Waals surface area contributed by atoms with Crippen molar-refractivity contribution >= 4 is 22.3 Å². The Kier molecular flexibility index (Phi) is 4.17. The highest BCUT2D eigenvalue weighted by atomic mass is 32.1. The van der Waals surface area contributed by atoms with E-state index in [0.29, 0.717) is 10.6 Å². The molecule has 0 radical (unpaired) electrons. The SMILES string of the molecule is COC(=O)c1c(N)sc(C)c1-c1ccc(-c2ccccc2)cc1. The van der Waals surface area contributed by atoms with E-state index in [1.54, 1.807) is 0 Å². The standard InChI is InChI=1S/C19H17NO2S/c1-12-16(17(18(20)23-12)19(21)22-2)15-10-8-14(9-11-15)13-6-4-3-5-7-13/h3-11H,20H2,1-2H3. The van der Waals surface area contributed by atoms with Crippen LogP contribution in [0.3, 0.4) is 0 Å². The molecule has 3 nitrogen and oxygen atoms in total. The second-order valence-corrected chi connectivity index (χ2v) is 6.46. The third-order valence-electron chi connectivity index (χ3n) is 3.78. The molecule has 0 aliphatic heterocycles. The van der Waals surface area contributed by atoms with Crippen LogP contribution in [-0.2, 0) is 4.74 Å². The number of carbonyl (C=O) groups is 1. The predicted molar refractivity (Wildman–Crippen MR) is 95.7 cm³/mol. The second-order valence-electron chi connectivity index (χ2n) is 5.21. The van der Waals surface area contributed by atoms with Crippen molar-refractivity contribution in [2.75, 3.05) is 12.8 Å². The third kappa shape index (κ3) is 2.85. The van der Waals surface area contributed by atoms with Gasteiger partial charge in [0.15, 0.2) is 0 Å². The molecule has 2 aromatic carbocycles. The first-order chi connectivity index (χ1) is 11.1. The second kappa shape index (κ2) is 6.26. The Hall–Kier alpha value is -2.59. The van der Waals surface area contributed by atoms with Gasteiger partial charge in [-0.15, -0.1) is 11.3 Å². The van der Waals surface area contributed by atoms with Crippen LogP contribution < -0.4 is 5.73 Å². The lowest BCUT2D eigenvalue weighted by Gasteiger charge is -2.07. The monoisotopic (exact) mass is 323 g/mol. The molecule has 2 N–H and O–H groups in total. The van der Waals surface area contributed by atoms with Crippen LogP contribution in [0.2, 0.25) is 0 Å². The largest absolute Gasteiger partial charge is 0.465 e. The van der Waals surface area contributed by atoms with E-state index >= 15 is 0 Å². The van der Waals surface area contributed by atoms with Crippen LogP contribution in [0.1, 0.15) is 15.2 Å². The summed E-state index contributed by atoms with van der Waals surface area (Å²) in [6.45, 7) is 1.97. The average molecular weight is 323 g/mol. The molecular formula is C19H17NO2S. The number of ether oxygens (including phenoxy) is 1. The Labute approximate surface area is 139 Å². The Balaban J connectivity index is 2.05. The fraction of sp³-hybridized carbons (Fsp3) is 0.105. The summed E-state index contributed by atoms with van der Waals surface area (Å²) in [5.74, 6) is -0.394. The highest BCUT2D eigenvalue weighted by Gasteiger charge is 2.22. The summed E-state index contributed by atoms with van der Waals surface area (Å²) >= 11 is 1.41. The smallest absolute Gasteiger partial charge is 0.341 e. The summed E-state index contributed by atoms with van der Waals surface area (Å²) in [5.41, 5.74) is 10.6. The summed E-state index contributed by atoms with van der Waals surface area (Å²) in [7, 11) is 1.37. The van der Waals surface area contributed by atoms with Crippen LogP contribution in [0.4, 0.5) is 5.00 Å². The van der Waals surface area contributed by atoms with Gasteiger partial charge in [0.05, 0.1) is 7.11 Å². The van der Waals surface area contributed by atoms with Gasteiger partial charge in [-0.3, -0.25) is 0 Å². The summed E-state index contributed by atoms with van der Waals surface area (Å²) < 4.78 is 4.87. The number of rotatable bonds is 3. The average Bonchev–Trinajstić information content (AvgIpc) is 2.89. The number of hydrogen-bond donors (Lipinski definition) is 1. The van der Waals surface area contributed by atoms with Crippen molar-refractivity contribution < 1.29 is 9.53 Å². The Morgan fingerprint density at radius 1 is 0.957 bits per heavy atom. The molecule has 0 unspecified atom stereocenters. The van der Waals surface area contributed by atoms with E-state index in [-0.39, 0.29) is 0 Å². The van der Waals surface area contributed by atoms with E-state index in [1.807, 2.05) is 37.3 Å². The molecule has 1 aromatic heterocycles. The fourth-order valence-electron chi connectivity index (χ4n) is 2.68. The molecule has 4 heteroatoms. The van der Waals surface area contributed by atoms with Crippen molar-refractivity contribution in [1.29, 1.82) is 0 Å². The van der Waals surface area contributed by atoms with Gasteiger partial charge >= 0.3 is 5.97 Å². The van der Waals surface area contributed by atoms with Crippen LogP contribution in [0, 0.1) is 6.92 Å². The zero-order valence-corrected chi connectivity index (χ0v) is 13.8. The molecule has 0 aliphatic carbocycles. The molecule has 0 fully saturated rings. The number of esters is 1. The van der Waals surface area contributed by atoms with Gasteiger partial charge in [0, 0.05) is 10.4 Å². The van der Waals surface area contributed by atoms with Crippen LogP contribution in [0.5, 0.6) is 0 Å². The minimum Gasteiger partial charge on any atom is -0.465 e. The van der Waals surface area contributed by atoms with Crippen LogP contribution in [0.15, 0.2) is 54.6 Å². The van der Waals surface area contributed by atoms with Crippen molar-refractivity contribution in [3.8, 4) is 22.3 Å². The molecule has 0 saturated heterocycles. The van der Waals surface area contributed by atoms with E-state index in [9.17, 15) is 4.79 Å². The first kappa shape index (κ1) is 15.3. The van der Waals surface area contributed by atoms with Crippen molar-refractivity contribution in [2.45, 2.75) is 6.92 Å². The lowest BCUT2D eigenvalue weighted by molar-refractivity contribution is 0.0603. The molecule has 0 atom stereocenters. The number of nitrogen functional groups attached to an aromatic ring is 1. The molecule has 0 bridgehead atoms. The summed E-state index contributed by atoms with van der Waals surface area (Å²) in [6.07, 6.45) is 0. The van der Waals surface area contributed by atoms with Gasteiger partial charge in [-0.25, -0.2) is 4.79 Å². The molecule has 0 spiro atoms. The quantitative estimate of drug-likeness (QED) is 0.707. The summed E-state index contributed by atoms with van der Waals surface area (Å²) in [5, 5.41) is 0.497. The van der Waals surface area contributed by atoms with Crippen molar-refractivity contribution in [2.24, 2.45) is 0 Å². The van der Waals surface area contributed by atoms with Crippen molar-refractivity contribution in [1.82, 2.24) is 0 Å². The fourth-order valence-corrected chi connectivity index (χ4v) is 3.62. The molecule has 1 heterocycles. The van der Waals surface area contributed by atoms with E-state index < -0.39 is 5.97 Å². The molecule has 116 valence electrons. The van der Waals surface area contributed by atoms with E-state index in [0.717, 1.165) is 27.1 Å². The number of carbonyl (C=O) groups excluding carboxylic acids is 1. The molecule has 23 heavy (non-hydrogen) atoms. The predicted octanol–water partition coefficient (Wildman–Crippen LogP) is 4.76. The zero-order chi connectivity index (χ0) is 16.4. The Morgan fingerprint density at radius 3 is 2.13 bits per heavy atom. The van der Waals surface area contributed by atoms with Gasteiger partial charge in [-0.2, -0.15) is 0 Å².